The molecule has 1 aromatic heterocycles. The van der Waals surface area contributed by atoms with Crippen molar-refractivity contribution in [3.05, 3.63) is 40.8 Å². The Balaban J connectivity index is 2.52. The van der Waals surface area contributed by atoms with Crippen molar-refractivity contribution in [2.24, 2.45) is 0 Å². The summed E-state index contributed by atoms with van der Waals surface area (Å²) >= 11 is 5.72. The standard InChI is InChI=1S/C12H11ClFN3/c1-2-8-6-11(15)17-12(16-8)7-3-4-10(14)9(13)5-7/h3-6H,2H2,1H3,(H2,15,16,17). The maximum atomic E-state index is 13.0. The Labute approximate surface area is 103 Å². The number of anilines is 1. The van der Waals surface area contributed by atoms with Crippen LogP contribution in [0, 0.1) is 5.82 Å². The van der Waals surface area contributed by atoms with E-state index in [9.17, 15) is 4.39 Å². The van der Waals surface area contributed by atoms with E-state index in [0.717, 1.165) is 12.1 Å². The Morgan fingerprint density at radius 1 is 1.29 bits per heavy atom. The number of hydrogen-bond acceptors (Lipinski definition) is 3. The van der Waals surface area contributed by atoms with Gasteiger partial charge in [-0.05, 0) is 24.6 Å². The van der Waals surface area contributed by atoms with Gasteiger partial charge in [0.1, 0.15) is 11.6 Å². The zero-order chi connectivity index (χ0) is 12.4. The van der Waals surface area contributed by atoms with Gasteiger partial charge in [0.15, 0.2) is 5.82 Å². The van der Waals surface area contributed by atoms with Crippen LogP contribution in [0.5, 0.6) is 0 Å². The lowest BCUT2D eigenvalue weighted by Gasteiger charge is -2.05. The predicted octanol–water partition coefficient (Wildman–Crippen LogP) is 3.08. The molecule has 2 N–H and O–H groups in total. The Morgan fingerprint density at radius 2 is 2.06 bits per heavy atom. The van der Waals surface area contributed by atoms with Crippen LogP contribution in [0.1, 0.15) is 12.6 Å². The van der Waals surface area contributed by atoms with E-state index >= 15 is 0 Å². The lowest BCUT2D eigenvalue weighted by atomic mass is 10.2. The Bertz CT molecular complexity index is 557. The molecule has 0 unspecified atom stereocenters. The minimum atomic E-state index is -0.463. The van der Waals surface area contributed by atoms with Crippen molar-refractivity contribution in [1.82, 2.24) is 9.97 Å². The summed E-state index contributed by atoms with van der Waals surface area (Å²) < 4.78 is 13.0. The molecule has 0 spiro atoms. The number of halogens is 2. The largest absolute Gasteiger partial charge is 0.384 e. The Kier molecular flexibility index (Phi) is 3.24. The van der Waals surface area contributed by atoms with E-state index < -0.39 is 5.82 Å². The molecule has 88 valence electrons. The Morgan fingerprint density at radius 3 is 2.71 bits per heavy atom. The van der Waals surface area contributed by atoms with Crippen molar-refractivity contribution in [2.75, 3.05) is 5.73 Å². The molecule has 1 heterocycles. The summed E-state index contributed by atoms with van der Waals surface area (Å²) in [6.07, 6.45) is 0.759. The number of nitrogen functional groups attached to an aromatic ring is 1. The molecule has 1 aromatic carbocycles. The van der Waals surface area contributed by atoms with Gasteiger partial charge in [-0.25, -0.2) is 14.4 Å². The first-order valence-corrected chi connectivity index (χ1v) is 5.57. The summed E-state index contributed by atoms with van der Waals surface area (Å²) in [5, 5.41) is 0.0478. The number of nitrogens with zero attached hydrogens (tertiary/aromatic N) is 2. The van der Waals surface area contributed by atoms with Gasteiger partial charge in [0, 0.05) is 17.3 Å². The van der Waals surface area contributed by atoms with E-state index in [4.69, 9.17) is 17.3 Å². The van der Waals surface area contributed by atoms with Crippen LogP contribution < -0.4 is 5.73 Å². The van der Waals surface area contributed by atoms with Gasteiger partial charge in [-0.3, -0.25) is 0 Å². The lowest BCUT2D eigenvalue weighted by Crippen LogP contribution is -1.99. The molecule has 0 amide bonds. The molecule has 0 aliphatic rings. The van der Waals surface area contributed by atoms with Crippen molar-refractivity contribution < 1.29 is 4.39 Å². The van der Waals surface area contributed by atoms with Crippen molar-refractivity contribution in [3.8, 4) is 11.4 Å². The minimum Gasteiger partial charge on any atom is -0.384 e. The van der Waals surface area contributed by atoms with Gasteiger partial charge in [-0.15, -0.1) is 0 Å². The van der Waals surface area contributed by atoms with Crippen LogP contribution in [-0.4, -0.2) is 9.97 Å². The summed E-state index contributed by atoms with van der Waals surface area (Å²) in [6.45, 7) is 1.98. The average molecular weight is 252 g/mol. The van der Waals surface area contributed by atoms with Crippen LogP contribution in [0.15, 0.2) is 24.3 Å². The van der Waals surface area contributed by atoms with Crippen molar-refractivity contribution in [3.63, 3.8) is 0 Å². The lowest BCUT2D eigenvalue weighted by molar-refractivity contribution is 0.628. The van der Waals surface area contributed by atoms with E-state index in [0.29, 0.717) is 17.2 Å². The molecule has 2 aromatic rings. The summed E-state index contributed by atoms with van der Waals surface area (Å²) in [7, 11) is 0. The second-order valence-electron chi connectivity index (χ2n) is 3.59. The minimum absolute atomic E-state index is 0.0478. The van der Waals surface area contributed by atoms with Crippen LogP contribution >= 0.6 is 11.6 Å². The number of benzene rings is 1. The summed E-state index contributed by atoms with van der Waals surface area (Å²) in [5.41, 5.74) is 7.17. The maximum Gasteiger partial charge on any atom is 0.161 e. The summed E-state index contributed by atoms with van der Waals surface area (Å²) in [6, 6.07) is 6.07. The monoisotopic (exact) mass is 251 g/mol. The van der Waals surface area contributed by atoms with Crippen molar-refractivity contribution in [1.29, 1.82) is 0 Å². The van der Waals surface area contributed by atoms with E-state index in [-0.39, 0.29) is 5.02 Å². The van der Waals surface area contributed by atoms with Crippen LogP contribution in [0.3, 0.4) is 0 Å². The molecule has 0 saturated carbocycles. The van der Waals surface area contributed by atoms with Gasteiger partial charge >= 0.3 is 0 Å². The molecular weight excluding hydrogens is 241 g/mol. The van der Waals surface area contributed by atoms with E-state index in [1.807, 2.05) is 6.92 Å². The van der Waals surface area contributed by atoms with Gasteiger partial charge in [0.25, 0.3) is 0 Å². The second kappa shape index (κ2) is 4.67. The fourth-order valence-electron chi connectivity index (χ4n) is 1.46. The first-order chi connectivity index (χ1) is 8.10. The van der Waals surface area contributed by atoms with Crippen LogP contribution in [-0.2, 0) is 6.42 Å². The number of rotatable bonds is 2. The molecule has 0 bridgehead atoms. The number of nitrogens with two attached hydrogens (primary N) is 1. The third-order valence-electron chi connectivity index (χ3n) is 2.34. The van der Waals surface area contributed by atoms with Crippen molar-refractivity contribution in [2.45, 2.75) is 13.3 Å². The highest BCUT2D eigenvalue weighted by atomic mass is 35.5. The van der Waals surface area contributed by atoms with E-state index in [1.165, 1.54) is 12.1 Å². The molecule has 0 atom stereocenters. The third-order valence-corrected chi connectivity index (χ3v) is 2.63. The molecule has 2 rings (SSSR count). The van der Waals surface area contributed by atoms with E-state index in [1.54, 1.807) is 12.1 Å². The number of hydrogen-bond donors (Lipinski definition) is 1. The molecular formula is C12H11ClFN3. The highest BCUT2D eigenvalue weighted by Gasteiger charge is 2.07. The average Bonchev–Trinajstić information content (AvgIpc) is 2.32. The predicted molar refractivity (Wildman–Crippen MR) is 66.2 cm³/mol. The summed E-state index contributed by atoms with van der Waals surface area (Å²) in [5.74, 6) is 0.395. The van der Waals surface area contributed by atoms with Gasteiger partial charge < -0.3 is 5.73 Å². The topological polar surface area (TPSA) is 51.8 Å². The first kappa shape index (κ1) is 11.8. The fraction of sp³-hybridized carbons (Fsp3) is 0.167. The first-order valence-electron chi connectivity index (χ1n) is 5.19. The molecule has 5 heteroatoms. The smallest absolute Gasteiger partial charge is 0.161 e. The molecule has 0 aliphatic heterocycles. The SMILES string of the molecule is CCc1cc(N)nc(-c2ccc(F)c(Cl)c2)n1. The zero-order valence-corrected chi connectivity index (χ0v) is 10.0. The fourth-order valence-corrected chi connectivity index (χ4v) is 1.64. The highest BCUT2D eigenvalue weighted by molar-refractivity contribution is 6.31. The third kappa shape index (κ3) is 2.53. The quantitative estimate of drug-likeness (QED) is 0.892. The summed E-state index contributed by atoms with van der Waals surface area (Å²) in [4.78, 5) is 8.43. The molecule has 0 radical (unpaired) electrons. The maximum absolute atomic E-state index is 13.0. The molecule has 0 fully saturated rings. The molecule has 0 aliphatic carbocycles. The van der Waals surface area contributed by atoms with Gasteiger partial charge in [0.05, 0.1) is 5.02 Å². The molecule has 17 heavy (non-hydrogen) atoms. The van der Waals surface area contributed by atoms with Crippen molar-refractivity contribution >= 4 is 17.4 Å². The zero-order valence-electron chi connectivity index (χ0n) is 9.24. The van der Waals surface area contributed by atoms with Gasteiger partial charge in [-0.1, -0.05) is 18.5 Å². The normalized spacial score (nSPS) is 10.5. The molecule has 0 saturated heterocycles. The highest BCUT2D eigenvalue weighted by Crippen LogP contribution is 2.23. The molecule has 3 nitrogen and oxygen atoms in total. The Hall–Kier alpha value is -1.68. The van der Waals surface area contributed by atoms with E-state index in [2.05, 4.69) is 9.97 Å². The van der Waals surface area contributed by atoms with Gasteiger partial charge in [-0.2, -0.15) is 0 Å². The van der Waals surface area contributed by atoms with Crippen LogP contribution in [0.2, 0.25) is 5.02 Å². The van der Waals surface area contributed by atoms with Crippen LogP contribution in [0.4, 0.5) is 10.2 Å². The van der Waals surface area contributed by atoms with Gasteiger partial charge in [0.2, 0.25) is 0 Å². The van der Waals surface area contributed by atoms with Crippen LogP contribution in [0.25, 0.3) is 11.4 Å². The number of aromatic nitrogens is 2. The second-order valence-corrected chi connectivity index (χ2v) is 4.00. The number of aryl methyl sites for hydroxylation is 1.